The second-order valence-electron chi connectivity index (χ2n) is 6.32. The van der Waals surface area contributed by atoms with Crippen molar-refractivity contribution in [3.63, 3.8) is 0 Å². The van der Waals surface area contributed by atoms with Crippen LogP contribution in [0.4, 0.5) is 5.82 Å². The molecule has 1 saturated carbocycles. The molecule has 6 nitrogen and oxygen atoms in total. The maximum atomic E-state index is 12.5. The molecular weight excluding hydrogens is 278 g/mol. The molecule has 0 radical (unpaired) electrons. The summed E-state index contributed by atoms with van der Waals surface area (Å²) in [6.07, 6.45) is 4.37. The van der Waals surface area contributed by atoms with Crippen molar-refractivity contribution in [3.8, 4) is 6.07 Å². The molecule has 3 rings (SSSR count). The first-order valence-electron chi connectivity index (χ1n) is 7.88. The van der Waals surface area contributed by atoms with Gasteiger partial charge in [-0.15, -0.1) is 5.10 Å². The Labute approximate surface area is 130 Å². The molecule has 1 aromatic heterocycles. The first-order valence-corrected chi connectivity index (χ1v) is 7.88. The zero-order valence-corrected chi connectivity index (χ0v) is 12.9. The smallest absolute Gasteiger partial charge is 0.243 e. The Bertz CT molecular complexity index is 588. The fraction of sp³-hybridized carbons (Fsp3) is 0.625. The third-order valence-corrected chi connectivity index (χ3v) is 4.65. The maximum Gasteiger partial charge on any atom is 0.243 e. The average molecular weight is 299 g/mol. The first-order chi connectivity index (χ1) is 10.7. The number of amides is 1. The standard InChI is InChI=1S/C16H21N5O/c1-18-14-5-4-13(19-20-14)9-12-3-2-8-21(10-12)15(22)16(11-17)6-7-16/h4-5,12H,2-3,6-10H2,1H3,(H,18,20). The fourth-order valence-electron chi connectivity index (χ4n) is 3.12. The molecule has 2 aliphatic rings. The number of nitrogens with zero attached hydrogens (tertiary/aromatic N) is 4. The van der Waals surface area contributed by atoms with E-state index in [1.54, 1.807) is 0 Å². The third kappa shape index (κ3) is 2.89. The van der Waals surface area contributed by atoms with Gasteiger partial charge in [-0.2, -0.15) is 10.4 Å². The lowest BCUT2D eigenvalue weighted by Crippen LogP contribution is -2.44. The quantitative estimate of drug-likeness (QED) is 0.913. The molecule has 0 bridgehead atoms. The summed E-state index contributed by atoms with van der Waals surface area (Å²) < 4.78 is 0. The number of anilines is 1. The summed E-state index contributed by atoms with van der Waals surface area (Å²) in [5, 5.41) is 20.5. The average Bonchev–Trinajstić information content (AvgIpc) is 3.36. The van der Waals surface area contributed by atoms with Crippen LogP contribution in [0.15, 0.2) is 12.1 Å². The molecular formula is C16H21N5O. The number of hydrogen-bond donors (Lipinski definition) is 1. The van der Waals surface area contributed by atoms with Crippen molar-refractivity contribution < 1.29 is 4.79 Å². The number of likely N-dealkylation sites (tertiary alicyclic amines) is 1. The summed E-state index contributed by atoms with van der Waals surface area (Å²) in [5.74, 6) is 1.20. The van der Waals surface area contributed by atoms with E-state index >= 15 is 0 Å². The Hall–Kier alpha value is -2.16. The molecule has 1 N–H and O–H groups in total. The van der Waals surface area contributed by atoms with E-state index in [-0.39, 0.29) is 5.91 Å². The van der Waals surface area contributed by atoms with Gasteiger partial charge in [-0.25, -0.2) is 0 Å². The fourth-order valence-corrected chi connectivity index (χ4v) is 3.12. The van der Waals surface area contributed by atoms with Crippen molar-refractivity contribution in [2.75, 3.05) is 25.5 Å². The number of carbonyl (C=O) groups is 1. The molecule has 0 spiro atoms. The van der Waals surface area contributed by atoms with Crippen LogP contribution in [-0.2, 0) is 11.2 Å². The lowest BCUT2D eigenvalue weighted by molar-refractivity contribution is -0.136. The number of aromatic nitrogens is 2. The van der Waals surface area contributed by atoms with Crippen LogP contribution in [0.2, 0.25) is 0 Å². The maximum absolute atomic E-state index is 12.5. The highest BCUT2D eigenvalue weighted by Gasteiger charge is 2.52. The van der Waals surface area contributed by atoms with E-state index in [4.69, 9.17) is 0 Å². The zero-order chi connectivity index (χ0) is 15.6. The molecule has 1 atom stereocenters. The Morgan fingerprint density at radius 2 is 2.32 bits per heavy atom. The van der Waals surface area contributed by atoms with Crippen molar-refractivity contribution in [1.29, 1.82) is 5.26 Å². The lowest BCUT2D eigenvalue weighted by atomic mass is 9.92. The van der Waals surface area contributed by atoms with Crippen LogP contribution in [0.3, 0.4) is 0 Å². The van der Waals surface area contributed by atoms with Crippen molar-refractivity contribution in [1.82, 2.24) is 15.1 Å². The Morgan fingerprint density at radius 3 is 2.91 bits per heavy atom. The van der Waals surface area contributed by atoms with Gasteiger partial charge in [-0.1, -0.05) is 0 Å². The van der Waals surface area contributed by atoms with Crippen molar-refractivity contribution in [2.45, 2.75) is 32.1 Å². The van der Waals surface area contributed by atoms with E-state index in [9.17, 15) is 10.1 Å². The number of carbonyl (C=O) groups excluding carboxylic acids is 1. The Kier molecular flexibility index (Phi) is 3.97. The number of nitrogens with one attached hydrogen (secondary N) is 1. The van der Waals surface area contributed by atoms with Gasteiger partial charge >= 0.3 is 0 Å². The van der Waals surface area contributed by atoms with E-state index in [0.717, 1.165) is 56.7 Å². The molecule has 2 fully saturated rings. The molecule has 1 aromatic rings. The highest BCUT2D eigenvalue weighted by Crippen LogP contribution is 2.47. The van der Waals surface area contributed by atoms with E-state index in [1.165, 1.54) is 0 Å². The van der Waals surface area contributed by atoms with Gasteiger partial charge in [-0.05, 0) is 50.2 Å². The molecule has 0 aromatic carbocycles. The minimum Gasteiger partial charge on any atom is -0.372 e. The zero-order valence-electron chi connectivity index (χ0n) is 12.9. The topological polar surface area (TPSA) is 81.9 Å². The third-order valence-electron chi connectivity index (χ3n) is 4.65. The Balaban J connectivity index is 1.61. The highest BCUT2D eigenvalue weighted by atomic mass is 16.2. The van der Waals surface area contributed by atoms with Crippen LogP contribution in [0.5, 0.6) is 0 Å². The minimum absolute atomic E-state index is 0.0383. The molecule has 22 heavy (non-hydrogen) atoms. The van der Waals surface area contributed by atoms with Crippen molar-refractivity contribution in [3.05, 3.63) is 17.8 Å². The van der Waals surface area contributed by atoms with Crippen LogP contribution in [0.25, 0.3) is 0 Å². The largest absolute Gasteiger partial charge is 0.372 e. The van der Waals surface area contributed by atoms with Gasteiger partial charge in [0.2, 0.25) is 5.91 Å². The lowest BCUT2D eigenvalue weighted by Gasteiger charge is -2.33. The highest BCUT2D eigenvalue weighted by molar-refractivity contribution is 5.88. The molecule has 116 valence electrons. The molecule has 6 heteroatoms. The van der Waals surface area contributed by atoms with E-state index in [0.29, 0.717) is 5.92 Å². The van der Waals surface area contributed by atoms with E-state index < -0.39 is 5.41 Å². The van der Waals surface area contributed by atoms with Gasteiger partial charge in [0.15, 0.2) is 0 Å². The summed E-state index contributed by atoms with van der Waals surface area (Å²) >= 11 is 0. The monoisotopic (exact) mass is 299 g/mol. The van der Waals surface area contributed by atoms with Crippen LogP contribution >= 0.6 is 0 Å². The van der Waals surface area contributed by atoms with Gasteiger partial charge < -0.3 is 10.2 Å². The summed E-state index contributed by atoms with van der Waals surface area (Å²) in [6, 6.07) is 6.11. The summed E-state index contributed by atoms with van der Waals surface area (Å²) in [7, 11) is 1.82. The summed E-state index contributed by atoms with van der Waals surface area (Å²) in [6.45, 7) is 1.51. The summed E-state index contributed by atoms with van der Waals surface area (Å²) in [5.41, 5.74) is 0.260. The van der Waals surface area contributed by atoms with E-state index in [2.05, 4.69) is 21.6 Å². The number of hydrogen-bond acceptors (Lipinski definition) is 5. The van der Waals surface area contributed by atoms with Gasteiger partial charge in [0.1, 0.15) is 11.2 Å². The van der Waals surface area contributed by atoms with E-state index in [1.807, 2.05) is 24.1 Å². The second-order valence-corrected chi connectivity index (χ2v) is 6.32. The normalized spacial score (nSPS) is 22.7. The SMILES string of the molecule is CNc1ccc(CC2CCCN(C(=O)C3(C#N)CC3)C2)nn1. The van der Waals surface area contributed by atoms with Crippen molar-refractivity contribution in [2.24, 2.45) is 11.3 Å². The van der Waals surface area contributed by atoms with Crippen LogP contribution in [0, 0.1) is 22.7 Å². The van der Waals surface area contributed by atoms with Gasteiger partial charge in [-0.3, -0.25) is 4.79 Å². The molecule has 1 amide bonds. The second kappa shape index (κ2) is 5.91. The molecule has 1 unspecified atom stereocenters. The van der Waals surface area contributed by atoms with Crippen LogP contribution in [-0.4, -0.2) is 41.1 Å². The predicted octanol–water partition coefficient (Wildman–Crippen LogP) is 1.60. The molecule has 1 aliphatic heterocycles. The van der Waals surface area contributed by atoms with Crippen molar-refractivity contribution >= 4 is 11.7 Å². The van der Waals surface area contributed by atoms with Gasteiger partial charge in [0.25, 0.3) is 0 Å². The number of rotatable bonds is 4. The predicted molar refractivity (Wildman–Crippen MR) is 81.9 cm³/mol. The minimum atomic E-state index is -0.698. The Morgan fingerprint density at radius 1 is 1.50 bits per heavy atom. The number of nitriles is 1. The molecule has 1 saturated heterocycles. The summed E-state index contributed by atoms with van der Waals surface area (Å²) in [4.78, 5) is 14.4. The van der Waals surface area contributed by atoms with Gasteiger partial charge in [0.05, 0.1) is 11.8 Å². The number of piperidine rings is 1. The van der Waals surface area contributed by atoms with Crippen LogP contribution in [0.1, 0.15) is 31.4 Å². The molecule has 1 aliphatic carbocycles. The first kappa shape index (κ1) is 14.8. The van der Waals surface area contributed by atoms with Crippen LogP contribution < -0.4 is 5.32 Å². The molecule has 2 heterocycles. The van der Waals surface area contributed by atoms with Gasteiger partial charge in [0, 0.05) is 20.1 Å².